The van der Waals surface area contributed by atoms with Crippen LogP contribution >= 0.6 is 0 Å². The highest BCUT2D eigenvalue weighted by Crippen LogP contribution is 2.31. The number of fused-ring (bicyclic) bond motifs is 1. The van der Waals surface area contributed by atoms with Gasteiger partial charge < -0.3 is 5.32 Å². The summed E-state index contributed by atoms with van der Waals surface area (Å²) in [5.74, 6) is 0. The lowest BCUT2D eigenvalue weighted by atomic mass is 10.0. The van der Waals surface area contributed by atoms with Crippen LogP contribution in [0.2, 0.25) is 0 Å². The van der Waals surface area contributed by atoms with Crippen LogP contribution in [0.3, 0.4) is 0 Å². The van der Waals surface area contributed by atoms with Crippen molar-refractivity contribution >= 4 is 0 Å². The van der Waals surface area contributed by atoms with Gasteiger partial charge in [0.2, 0.25) is 0 Å². The van der Waals surface area contributed by atoms with Crippen LogP contribution in [0.25, 0.3) is 0 Å². The van der Waals surface area contributed by atoms with Crippen molar-refractivity contribution in [3.63, 3.8) is 0 Å². The van der Waals surface area contributed by atoms with Gasteiger partial charge in [-0.25, -0.2) is 0 Å². The largest absolute Gasteiger partial charge is 0.313 e. The molecule has 0 amide bonds. The molecule has 2 rings (SSSR count). The minimum absolute atomic E-state index is 0.599. The van der Waals surface area contributed by atoms with E-state index in [1.54, 1.807) is 0 Å². The summed E-state index contributed by atoms with van der Waals surface area (Å²) >= 11 is 0. The van der Waals surface area contributed by atoms with Crippen molar-refractivity contribution in [2.75, 3.05) is 7.05 Å². The number of aryl methyl sites for hydroxylation is 2. The van der Waals surface area contributed by atoms with Gasteiger partial charge in [-0.2, -0.15) is 0 Å². The molecule has 1 unspecified atom stereocenters. The van der Waals surface area contributed by atoms with Gasteiger partial charge in [0.1, 0.15) is 0 Å². The van der Waals surface area contributed by atoms with E-state index in [0.717, 1.165) is 6.42 Å². The fraction of sp³-hybridized carbons (Fsp3) is 0.500. The zero-order valence-electron chi connectivity index (χ0n) is 8.43. The summed E-state index contributed by atoms with van der Waals surface area (Å²) in [5, 5.41) is 3.37. The van der Waals surface area contributed by atoms with Crippen molar-refractivity contribution in [1.29, 1.82) is 0 Å². The first-order chi connectivity index (χ1) is 6.35. The molecule has 0 fully saturated rings. The fourth-order valence-electron chi connectivity index (χ4n) is 2.17. The van der Waals surface area contributed by atoms with Crippen molar-refractivity contribution in [2.24, 2.45) is 0 Å². The quantitative estimate of drug-likeness (QED) is 0.728. The molecular formula is C12H17N. The smallest absolute Gasteiger partial charge is 0.0323 e. The summed E-state index contributed by atoms with van der Waals surface area (Å²) in [6.07, 6.45) is 3.65. The second kappa shape index (κ2) is 3.51. The van der Waals surface area contributed by atoms with E-state index in [1.807, 2.05) is 0 Å². The third kappa shape index (κ3) is 1.49. The Hall–Kier alpha value is -0.820. The Kier molecular flexibility index (Phi) is 2.36. The minimum atomic E-state index is 0.599. The lowest BCUT2D eigenvalue weighted by Crippen LogP contribution is -2.12. The Bertz CT molecular complexity index is 304. The lowest BCUT2D eigenvalue weighted by Gasteiger charge is -2.10. The van der Waals surface area contributed by atoms with Crippen molar-refractivity contribution in [3.05, 3.63) is 34.9 Å². The second-order valence-corrected chi connectivity index (χ2v) is 3.77. The summed E-state index contributed by atoms with van der Waals surface area (Å²) < 4.78 is 0. The van der Waals surface area contributed by atoms with Crippen molar-refractivity contribution < 1.29 is 0 Å². The molecular weight excluding hydrogens is 158 g/mol. The van der Waals surface area contributed by atoms with E-state index in [1.165, 1.54) is 29.5 Å². The summed E-state index contributed by atoms with van der Waals surface area (Å²) in [6.45, 7) is 2.21. The monoisotopic (exact) mass is 175 g/mol. The van der Waals surface area contributed by atoms with Gasteiger partial charge in [0.15, 0.2) is 0 Å². The first-order valence-corrected chi connectivity index (χ1v) is 5.14. The van der Waals surface area contributed by atoms with Crippen LogP contribution in [-0.2, 0) is 12.8 Å². The van der Waals surface area contributed by atoms with Gasteiger partial charge in [-0.05, 0) is 43.0 Å². The van der Waals surface area contributed by atoms with E-state index in [0.29, 0.717) is 6.04 Å². The van der Waals surface area contributed by atoms with Crippen LogP contribution in [0.15, 0.2) is 18.2 Å². The molecule has 1 aromatic rings. The van der Waals surface area contributed by atoms with E-state index < -0.39 is 0 Å². The maximum Gasteiger partial charge on any atom is 0.0323 e. The lowest BCUT2D eigenvalue weighted by molar-refractivity contribution is 0.590. The molecule has 1 nitrogen and oxygen atoms in total. The molecule has 1 aliphatic carbocycles. The summed E-state index contributed by atoms with van der Waals surface area (Å²) in [4.78, 5) is 0. The zero-order chi connectivity index (χ0) is 9.26. The predicted molar refractivity (Wildman–Crippen MR) is 55.9 cm³/mol. The molecule has 0 saturated heterocycles. The van der Waals surface area contributed by atoms with Gasteiger partial charge in [-0.3, -0.25) is 0 Å². The molecule has 70 valence electrons. The summed E-state index contributed by atoms with van der Waals surface area (Å²) in [7, 11) is 2.05. The normalized spacial score (nSPS) is 20.3. The molecule has 0 heterocycles. The summed E-state index contributed by atoms with van der Waals surface area (Å²) in [6, 6.07) is 7.52. The fourth-order valence-corrected chi connectivity index (χ4v) is 2.17. The van der Waals surface area contributed by atoms with Gasteiger partial charge in [0, 0.05) is 6.04 Å². The van der Waals surface area contributed by atoms with E-state index >= 15 is 0 Å². The Morgan fingerprint density at radius 2 is 2.31 bits per heavy atom. The first kappa shape index (κ1) is 8.76. The van der Waals surface area contributed by atoms with E-state index in [4.69, 9.17) is 0 Å². The molecule has 0 spiro atoms. The highest BCUT2D eigenvalue weighted by atomic mass is 14.9. The standard InChI is InChI=1S/C12H17N/c1-3-9-4-5-10-6-7-12(13-2)11(10)8-9/h4-5,8,12-13H,3,6-7H2,1-2H3. The average Bonchev–Trinajstić information content (AvgIpc) is 2.59. The minimum Gasteiger partial charge on any atom is -0.313 e. The Balaban J connectivity index is 2.37. The molecule has 1 N–H and O–H groups in total. The van der Waals surface area contributed by atoms with Gasteiger partial charge in [0.25, 0.3) is 0 Å². The third-order valence-corrected chi connectivity index (χ3v) is 3.04. The van der Waals surface area contributed by atoms with E-state index in [2.05, 4.69) is 37.5 Å². The number of hydrogen-bond donors (Lipinski definition) is 1. The van der Waals surface area contributed by atoms with Crippen LogP contribution in [0.5, 0.6) is 0 Å². The Labute approximate surface area is 80.2 Å². The van der Waals surface area contributed by atoms with Crippen LogP contribution < -0.4 is 5.32 Å². The SMILES string of the molecule is CCc1ccc2c(c1)C(NC)CC2. The first-order valence-electron chi connectivity index (χ1n) is 5.14. The topological polar surface area (TPSA) is 12.0 Å². The van der Waals surface area contributed by atoms with Gasteiger partial charge in [-0.1, -0.05) is 25.1 Å². The van der Waals surface area contributed by atoms with Crippen molar-refractivity contribution in [1.82, 2.24) is 5.32 Å². The molecule has 0 saturated carbocycles. The molecule has 1 heteroatoms. The third-order valence-electron chi connectivity index (χ3n) is 3.04. The van der Waals surface area contributed by atoms with Crippen LogP contribution in [0, 0.1) is 0 Å². The van der Waals surface area contributed by atoms with Gasteiger partial charge >= 0.3 is 0 Å². The molecule has 1 aliphatic rings. The Morgan fingerprint density at radius 1 is 1.46 bits per heavy atom. The maximum absolute atomic E-state index is 3.37. The number of nitrogens with one attached hydrogen (secondary N) is 1. The highest BCUT2D eigenvalue weighted by Gasteiger charge is 2.20. The molecule has 0 radical (unpaired) electrons. The van der Waals surface area contributed by atoms with Gasteiger partial charge in [-0.15, -0.1) is 0 Å². The number of rotatable bonds is 2. The molecule has 1 atom stereocenters. The highest BCUT2D eigenvalue weighted by molar-refractivity contribution is 5.37. The number of hydrogen-bond acceptors (Lipinski definition) is 1. The zero-order valence-corrected chi connectivity index (χ0v) is 8.43. The van der Waals surface area contributed by atoms with E-state index in [9.17, 15) is 0 Å². The molecule has 0 aliphatic heterocycles. The van der Waals surface area contributed by atoms with Crippen molar-refractivity contribution in [2.45, 2.75) is 32.2 Å². The van der Waals surface area contributed by atoms with Crippen LogP contribution in [-0.4, -0.2) is 7.05 Å². The Morgan fingerprint density at radius 3 is 3.00 bits per heavy atom. The number of benzene rings is 1. The average molecular weight is 175 g/mol. The van der Waals surface area contributed by atoms with Crippen LogP contribution in [0.4, 0.5) is 0 Å². The predicted octanol–water partition coefficient (Wildman–Crippen LogP) is 2.46. The van der Waals surface area contributed by atoms with Crippen LogP contribution in [0.1, 0.15) is 36.1 Å². The molecule has 1 aromatic carbocycles. The second-order valence-electron chi connectivity index (χ2n) is 3.77. The summed E-state index contributed by atoms with van der Waals surface area (Å²) in [5.41, 5.74) is 4.53. The van der Waals surface area contributed by atoms with E-state index in [-0.39, 0.29) is 0 Å². The van der Waals surface area contributed by atoms with Gasteiger partial charge in [0.05, 0.1) is 0 Å². The molecule has 0 aromatic heterocycles. The molecule has 0 bridgehead atoms. The maximum atomic E-state index is 3.37. The van der Waals surface area contributed by atoms with Crippen molar-refractivity contribution in [3.8, 4) is 0 Å². The molecule has 13 heavy (non-hydrogen) atoms.